The summed E-state index contributed by atoms with van der Waals surface area (Å²) >= 11 is 3.22. The van der Waals surface area contributed by atoms with Gasteiger partial charge in [0, 0.05) is 15.4 Å². The van der Waals surface area contributed by atoms with Crippen LogP contribution in [0.3, 0.4) is 0 Å². The molecule has 4 nitrogen and oxygen atoms in total. The fourth-order valence-corrected chi connectivity index (χ4v) is 4.01. The van der Waals surface area contributed by atoms with Crippen molar-refractivity contribution in [2.75, 3.05) is 0 Å². The number of carbonyl (C=O) groups excluding carboxylic acids is 1. The average molecular weight is 291 g/mol. The highest BCUT2D eigenvalue weighted by Gasteiger charge is 2.16. The van der Waals surface area contributed by atoms with Gasteiger partial charge in [0.05, 0.1) is 11.3 Å². The Hall–Kier alpha value is -1.53. The molecule has 0 spiro atoms. The number of hydrogen-bond acceptors (Lipinski definition) is 5. The molecular formula is C13H13N3OS2. The van der Waals surface area contributed by atoms with Crippen LogP contribution in [-0.2, 0) is 6.42 Å². The summed E-state index contributed by atoms with van der Waals surface area (Å²) in [6, 6.07) is 4.25. The fourth-order valence-electron chi connectivity index (χ4n) is 1.97. The molecule has 98 valence electrons. The number of hydrogen-bond donors (Lipinski definition) is 0. The first kappa shape index (κ1) is 12.5. The minimum atomic E-state index is 0.114. The van der Waals surface area contributed by atoms with E-state index in [1.165, 1.54) is 15.7 Å². The van der Waals surface area contributed by atoms with E-state index in [-0.39, 0.29) is 11.8 Å². The fraction of sp³-hybridized carbons (Fsp3) is 0.308. The number of nitrogens with zero attached hydrogens (tertiary/aromatic N) is 3. The van der Waals surface area contributed by atoms with E-state index in [9.17, 15) is 4.79 Å². The first-order valence-electron chi connectivity index (χ1n) is 6.04. The Bertz CT molecular complexity index is 694. The van der Waals surface area contributed by atoms with Crippen molar-refractivity contribution in [1.29, 1.82) is 0 Å². The lowest BCUT2D eigenvalue weighted by Crippen LogP contribution is -2.12. The van der Waals surface area contributed by atoms with Crippen molar-refractivity contribution in [2.24, 2.45) is 0 Å². The predicted molar refractivity (Wildman–Crippen MR) is 78.1 cm³/mol. The van der Waals surface area contributed by atoms with Gasteiger partial charge >= 0.3 is 0 Å². The number of aromatic nitrogens is 3. The molecule has 0 unspecified atom stereocenters. The van der Waals surface area contributed by atoms with E-state index in [4.69, 9.17) is 0 Å². The number of thiophene rings is 2. The summed E-state index contributed by atoms with van der Waals surface area (Å²) in [5.41, 5.74) is 0. The van der Waals surface area contributed by atoms with Crippen LogP contribution >= 0.6 is 22.7 Å². The van der Waals surface area contributed by atoms with Gasteiger partial charge in [0.25, 0.3) is 0 Å². The molecular weight excluding hydrogens is 278 g/mol. The highest BCUT2D eigenvalue weighted by molar-refractivity contribution is 7.27. The molecule has 0 N–H and O–H groups in total. The third kappa shape index (κ3) is 2.33. The van der Waals surface area contributed by atoms with Crippen molar-refractivity contribution in [3.8, 4) is 0 Å². The zero-order valence-electron chi connectivity index (χ0n) is 10.7. The minimum absolute atomic E-state index is 0.114. The molecule has 0 saturated carbocycles. The summed E-state index contributed by atoms with van der Waals surface area (Å²) in [4.78, 5) is 17.3. The van der Waals surface area contributed by atoms with Crippen LogP contribution in [0.1, 0.15) is 35.4 Å². The molecule has 0 radical (unpaired) electrons. The van der Waals surface area contributed by atoms with Crippen LogP contribution in [0, 0.1) is 0 Å². The molecule has 19 heavy (non-hydrogen) atoms. The largest absolute Gasteiger partial charge is 0.293 e. The van der Waals surface area contributed by atoms with Crippen molar-refractivity contribution in [3.05, 3.63) is 34.5 Å². The van der Waals surface area contributed by atoms with Gasteiger partial charge in [-0.2, -0.15) is 5.10 Å². The van der Waals surface area contributed by atoms with Crippen LogP contribution < -0.4 is 0 Å². The van der Waals surface area contributed by atoms with E-state index in [0.29, 0.717) is 6.42 Å². The van der Waals surface area contributed by atoms with E-state index in [1.54, 1.807) is 27.4 Å². The Kier molecular flexibility index (Phi) is 3.20. The third-order valence-corrected chi connectivity index (χ3v) is 5.00. The van der Waals surface area contributed by atoms with E-state index >= 15 is 0 Å². The summed E-state index contributed by atoms with van der Waals surface area (Å²) in [6.07, 6.45) is 1.82. The summed E-state index contributed by atoms with van der Waals surface area (Å²) in [6.45, 7) is 4.06. The molecule has 6 heteroatoms. The minimum Gasteiger partial charge on any atom is -0.293 e. The standard InChI is InChI=1S/C13H13N3OS2/c1-8(2)16-13(14-7-15-16)5-9(17)11-6-12-10(19-11)3-4-18-12/h3-4,6-8H,5H2,1-2H3. The SMILES string of the molecule is CC(C)n1ncnc1CC(=O)c1cc2sccc2s1. The first-order chi connectivity index (χ1) is 9.15. The highest BCUT2D eigenvalue weighted by Crippen LogP contribution is 2.30. The maximum Gasteiger partial charge on any atom is 0.180 e. The van der Waals surface area contributed by atoms with E-state index in [0.717, 1.165) is 10.7 Å². The molecule has 0 aliphatic rings. The summed E-state index contributed by atoms with van der Waals surface area (Å²) in [5.74, 6) is 0.847. The molecule has 3 aromatic heterocycles. The van der Waals surface area contributed by atoms with E-state index in [1.807, 2.05) is 25.3 Å². The Morgan fingerprint density at radius 1 is 1.42 bits per heavy atom. The van der Waals surface area contributed by atoms with Gasteiger partial charge in [-0.1, -0.05) is 0 Å². The molecule has 0 amide bonds. The molecule has 0 saturated heterocycles. The highest BCUT2D eigenvalue weighted by atomic mass is 32.1. The molecule has 0 aliphatic heterocycles. The Labute approximate surface area is 118 Å². The lowest BCUT2D eigenvalue weighted by molar-refractivity contribution is 0.0993. The second-order valence-electron chi connectivity index (χ2n) is 4.57. The number of rotatable bonds is 4. The van der Waals surface area contributed by atoms with Crippen LogP contribution in [0.5, 0.6) is 0 Å². The molecule has 0 aromatic carbocycles. The lowest BCUT2D eigenvalue weighted by atomic mass is 10.2. The Morgan fingerprint density at radius 2 is 2.26 bits per heavy atom. The van der Waals surface area contributed by atoms with Crippen LogP contribution in [0.4, 0.5) is 0 Å². The summed E-state index contributed by atoms with van der Waals surface area (Å²) < 4.78 is 4.16. The Morgan fingerprint density at radius 3 is 3.00 bits per heavy atom. The number of fused-ring (bicyclic) bond motifs is 1. The maximum absolute atomic E-state index is 12.3. The van der Waals surface area contributed by atoms with Gasteiger partial charge in [0.15, 0.2) is 5.78 Å². The van der Waals surface area contributed by atoms with Gasteiger partial charge in [-0.05, 0) is 31.4 Å². The lowest BCUT2D eigenvalue weighted by Gasteiger charge is -2.08. The number of ketones is 1. The third-order valence-electron chi connectivity index (χ3n) is 2.87. The quantitative estimate of drug-likeness (QED) is 0.690. The predicted octanol–water partition coefficient (Wildman–Crippen LogP) is 3.56. The van der Waals surface area contributed by atoms with Gasteiger partial charge in [0.1, 0.15) is 12.2 Å². The van der Waals surface area contributed by atoms with Crippen molar-refractivity contribution in [1.82, 2.24) is 14.8 Å². The topological polar surface area (TPSA) is 47.8 Å². The molecule has 0 bridgehead atoms. The first-order valence-corrected chi connectivity index (χ1v) is 7.73. The normalized spacial score (nSPS) is 11.5. The van der Waals surface area contributed by atoms with Crippen molar-refractivity contribution < 1.29 is 4.79 Å². The van der Waals surface area contributed by atoms with E-state index in [2.05, 4.69) is 16.1 Å². The molecule has 0 fully saturated rings. The maximum atomic E-state index is 12.3. The van der Waals surface area contributed by atoms with Crippen LogP contribution in [0.2, 0.25) is 0 Å². The zero-order valence-corrected chi connectivity index (χ0v) is 12.3. The van der Waals surface area contributed by atoms with Gasteiger partial charge in [0.2, 0.25) is 0 Å². The van der Waals surface area contributed by atoms with Crippen LogP contribution in [-0.4, -0.2) is 20.5 Å². The van der Waals surface area contributed by atoms with Crippen LogP contribution in [0.15, 0.2) is 23.8 Å². The molecule has 0 atom stereocenters. The molecule has 3 rings (SSSR count). The van der Waals surface area contributed by atoms with Crippen molar-refractivity contribution >= 4 is 37.9 Å². The monoisotopic (exact) mass is 291 g/mol. The summed E-state index contributed by atoms with van der Waals surface area (Å²) in [5, 5.41) is 6.20. The van der Waals surface area contributed by atoms with Crippen molar-refractivity contribution in [2.45, 2.75) is 26.3 Å². The van der Waals surface area contributed by atoms with Crippen molar-refractivity contribution in [3.63, 3.8) is 0 Å². The molecule has 0 aliphatic carbocycles. The van der Waals surface area contributed by atoms with Gasteiger partial charge in [-0.3, -0.25) is 4.79 Å². The smallest absolute Gasteiger partial charge is 0.180 e. The van der Waals surface area contributed by atoms with Gasteiger partial charge in [-0.25, -0.2) is 9.67 Å². The summed E-state index contributed by atoms with van der Waals surface area (Å²) in [7, 11) is 0. The number of carbonyl (C=O) groups is 1. The molecule has 3 aromatic rings. The Balaban J connectivity index is 1.84. The molecule has 3 heterocycles. The van der Waals surface area contributed by atoms with Gasteiger partial charge < -0.3 is 0 Å². The second-order valence-corrected chi connectivity index (χ2v) is 6.61. The average Bonchev–Trinajstić information content (AvgIpc) is 3.01. The van der Waals surface area contributed by atoms with E-state index < -0.39 is 0 Å². The zero-order chi connectivity index (χ0) is 13.4. The number of Topliss-reactive ketones (excluding diaryl/α,β-unsaturated/α-hetero) is 1. The van der Waals surface area contributed by atoms with Gasteiger partial charge in [-0.15, -0.1) is 22.7 Å². The van der Waals surface area contributed by atoms with Crippen LogP contribution in [0.25, 0.3) is 9.40 Å². The second kappa shape index (κ2) is 4.86.